The van der Waals surface area contributed by atoms with E-state index in [4.69, 9.17) is 4.74 Å². The zero-order valence-corrected chi connectivity index (χ0v) is 11.2. The van der Waals surface area contributed by atoms with E-state index in [1.54, 1.807) is 7.11 Å². The van der Waals surface area contributed by atoms with E-state index in [1.807, 2.05) is 19.1 Å². The van der Waals surface area contributed by atoms with Crippen LogP contribution in [0.25, 0.3) is 0 Å². The predicted molar refractivity (Wildman–Crippen MR) is 69.3 cm³/mol. The summed E-state index contributed by atoms with van der Waals surface area (Å²) in [7, 11) is 1.66. The van der Waals surface area contributed by atoms with E-state index in [0.29, 0.717) is 0 Å². The fourth-order valence-corrected chi connectivity index (χ4v) is 2.93. The molecule has 0 spiro atoms. The molecule has 2 nitrogen and oxygen atoms in total. The van der Waals surface area contributed by atoms with Crippen LogP contribution in [0.4, 0.5) is 0 Å². The molecule has 1 fully saturated rings. The Kier molecular flexibility index (Phi) is 2.94. The summed E-state index contributed by atoms with van der Waals surface area (Å²) < 4.78 is 5.39. The molecule has 0 saturated heterocycles. The summed E-state index contributed by atoms with van der Waals surface area (Å²) in [4.78, 5) is 0. The summed E-state index contributed by atoms with van der Waals surface area (Å²) in [5.74, 6) is 0.802. The zero-order chi connectivity index (χ0) is 12.7. The van der Waals surface area contributed by atoms with Gasteiger partial charge >= 0.3 is 0 Å². The molecular formula is C15H22O2. The molecule has 1 aliphatic rings. The minimum Gasteiger partial charge on any atom is -0.496 e. The second-order valence-electron chi connectivity index (χ2n) is 6.08. The summed E-state index contributed by atoms with van der Waals surface area (Å²) in [6.45, 7) is 6.48. The molecule has 0 heterocycles. The van der Waals surface area contributed by atoms with Crippen molar-refractivity contribution in [2.45, 2.75) is 45.6 Å². The monoisotopic (exact) mass is 234 g/mol. The van der Waals surface area contributed by atoms with Crippen LogP contribution in [0.1, 0.15) is 44.2 Å². The van der Waals surface area contributed by atoms with Crippen molar-refractivity contribution in [3.8, 4) is 5.75 Å². The zero-order valence-electron chi connectivity index (χ0n) is 11.2. The summed E-state index contributed by atoms with van der Waals surface area (Å²) in [6.07, 6.45) is 2.68. The molecule has 2 rings (SSSR count). The van der Waals surface area contributed by atoms with Crippen molar-refractivity contribution in [2.24, 2.45) is 5.41 Å². The minimum absolute atomic E-state index is 0.212. The van der Waals surface area contributed by atoms with Crippen molar-refractivity contribution in [1.82, 2.24) is 0 Å². The van der Waals surface area contributed by atoms with Gasteiger partial charge in [-0.15, -0.1) is 0 Å². The van der Waals surface area contributed by atoms with Gasteiger partial charge in [0.25, 0.3) is 0 Å². The smallest absolute Gasteiger partial charge is 0.124 e. The van der Waals surface area contributed by atoms with Crippen LogP contribution < -0.4 is 4.74 Å². The minimum atomic E-state index is -0.721. The SMILES string of the molecule is COc1ccc(C)cc1C1(O)CCC(C)(C)C1. The topological polar surface area (TPSA) is 29.5 Å². The van der Waals surface area contributed by atoms with Gasteiger partial charge in [0.1, 0.15) is 5.75 Å². The van der Waals surface area contributed by atoms with E-state index in [2.05, 4.69) is 19.9 Å². The first-order valence-corrected chi connectivity index (χ1v) is 6.24. The molecule has 0 amide bonds. The number of hydrogen-bond acceptors (Lipinski definition) is 2. The van der Waals surface area contributed by atoms with Crippen molar-refractivity contribution in [3.63, 3.8) is 0 Å². The first kappa shape index (κ1) is 12.4. The van der Waals surface area contributed by atoms with Gasteiger partial charge < -0.3 is 9.84 Å². The Labute approximate surface area is 104 Å². The number of aliphatic hydroxyl groups is 1. The number of methoxy groups -OCH3 is 1. The highest BCUT2D eigenvalue weighted by Crippen LogP contribution is 2.50. The fraction of sp³-hybridized carbons (Fsp3) is 0.600. The lowest BCUT2D eigenvalue weighted by Gasteiger charge is -2.27. The molecule has 0 bridgehead atoms. The Morgan fingerprint density at radius 1 is 1.24 bits per heavy atom. The third kappa shape index (κ3) is 2.32. The van der Waals surface area contributed by atoms with Crippen molar-refractivity contribution in [3.05, 3.63) is 29.3 Å². The van der Waals surface area contributed by atoms with Gasteiger partial charge in [0.15, 0.2) is 0 Å². The molecule has 1 atom stereocenters. The van der Waals surface area contributed by atoms with Gasteiger partial charge in [-0.05, 0) is 43.7 Å². The van der Waals surface area contributed by atoms with Crippen LogP contribution in [0.2, 0.25) is 0 Å². The third-order valence-corrected chi connectivity index (χ3v) is 3.84. The number of aryl methyl sites for hydroxylation is 1. The molecule has 1 saturated carbocycles. The molecule has 94 valence electrons. The van der Waals surface area contributed by atoms with Gasteiger partial charge in [-0.3, -0.25) is 0 Å². The van der Waals surface area contributed by atoms with Crippen LogP contribution in [0.15, 0.2) is 18.2 Å². The van der Waals surface area contributed by atoms with Gasteiger partial charge in [-0.1, -0.05) is 25.5 Å². The van der Waals surface area contributed by atoms with Crippen molar-refractivity contribution in [1.29, 1.82) is 0 Å². The summed E-state index contributed by atoms with van der Waals surface area (Å²) in [5.41, 5.74) is 1.61. The first-order valence-electron chi connectivity index (χ1n) is 6.24. The van der Waals surface area contributed by atoms with Crippen LogP contribution in [0.3, 0.4) is 0 Å². The average molecular weight is 234 g/mol. The maximum absolute atomic E-state index is 10.9. The molecule has 2 heteroatoms. The summed E-state index contributed by atoms with van der Waals surface area (Å²) in [5, 5.41) is 10.9. The molecule has 17 heavy (non-hydrogen) atoms. The first-order chi connectivity index (χ1) is 7.86. The molecule has 1 aromatic carbocycles. The van der Waals surface area contributed by atoms with Crippen molar-refractivity contribution < 1.29 is 9.84 Å². The van der Waals surface area contributed by atoms with Crippen LogP contribution in [-0.2, 0) is 5.60 Å². The number of hydrogen-bond donors (Lipinski definition) is 1. The molecular weight excluding hydrogens is 212 g/mol. The summed E-state index contributed by atoms with van der Waals surface area (Å²) in [6, 6.07) is 6.03. The maximum Gasteiger partial charge on any atom is 0.124 e. The van der Waals surface area contributed by atoms with Crippen LogP contribution >= 0.6 is 0 Å². The molecule has 1 N–H and O–H groups in total. The van der Waals surface area contributed by atoms with Crippen LogP contribution in [-0.4, -0.2) is 12.2 Å². The third-order valence-electron chi connectivity index (χ3n) is 3.84. The van der Waals surface area contributed by atoms with Crippen LogP contribution in [0, 0.1) is 12.3 Å². The van der Waals surface area contributed by atoms with Gasteiger partial charge in [0, 0.05) is 5.56 Å². The van der Waals surface area contributed by atoms with E-state index in [1.165, 1.54) is 5.56 Å². The highest BCUT2D eigenvalue weighted by molar-refractivity contribution is 5.41. The van der Waals surface area contributed by atoms with Gasteiger partial charge in [-0.25, -0.2) is 0 Å². The quantitative estimate of drug-likeness (QED) is 0.849. The molecule has 1 aromatic rings. The lowest BCUT2D eigenvalue weighted by Crippen LogP contribution is -2.24. The second kappa shape index (κ2) is 4.02. The van der Waals surface area contributed by atoms with Gasteiger partial charge in [-0.2, -0.15) is 0 Å². The van der Waals surface area contributed by atoms with Gasteiger partial charge in [0.05, 0.1) is 12.7 Å². The largest absolute Gasteiger partial charge is 0.496 e. The number of ether oxygens (including phenoxy) is 1. The van der Waals surface area contributed by atoms with E-state index < -0.39 is 5.60 Å². The highest BCUT2D eigenvalue weighted by atomic mass is 16.5. The van der Waals surface area contributed by atoms with E-state index >= 15 is 0 Å². The lowest BCUT2D eigenvalue weighted by molar-refractivity contribution is 0.0314. The molecule has 1 unspecified atom stereocenters. The fourth-order valence-electron chi connectivity index (χ4n) is 2.93. The van der Waals surface area contributed by atoms with Crippen LogP contribution in [0.5, 0.6) is 5.75 Å². The summed E-state index contributed by atoms with van der Waals surface area (Å²) >= 11 is 0. The Bertz CT molecular complexity index is 423. The van der Waals surface area contributed by atoms with Gasteiger partial charge in [0.2, 0.25) is 0 Å². The lowest BCUT2D eigenvalue weighted by atomic mass is 9.85. The van der Waals surface area contributed by atoms with E-state index in [-0.39, 0.29) is 5.41 Å². The van der Waals surface area contributed by atoms with Crippen molar-refractivity contribution in [2.75, 3.05) is 7.11 Å². The average Bonchev–Trinajstić information content (AvgIpc) is 2.54. The Balaban J connectivity index is 2.43. The second-order valence-corrected chi connectivity index (χ2v) is 6.08. The molecule has 0 aliphatic heterocycles. The Morgan fingerprint density at radius 2 is 1.94 bits per heavy atom. The Morgan fingerprint density at radius 3 is 2.47 bits per heavy atom. The van der Waals surface area contributed by atoms with E-state index in [9.17, 15) is 5.11 Å². The Hall–Kier alpha value is -1.02. The standard InChI is InChI=1S/C15H22O2/c1-11-5-6-13(17-4)12(9-11)15(16)8-7-14(2,3)10-15/h5-6,9,16H,7-8,10H2,1-4H3. The molecule has 0 aromatic heterocycles. The number of rotatable bonds is 2. The molecule has 0 radical (unpaired) electrons. The maximum atomic E-state index is 10.9. The van der Waals surface area contributed by atoms with Crippen molar-refractivity contribution >= 4 is 0 Å². The number of benzene rings is 1. The van der Waals surface area contributed by atoms with E-state index in [0.717, 1.165) is 30.6 Å². The predicted octanol–water partition coefficient (Wildman–Crippen LogP) is 3.40. The molecule has 1 aliphatic carbocycles. The highest BCUT2D eigenvalue weighted by Gasteiger charge is 2.44. The normalized spacial score (nSPS) is 27.1.